The lowest BCUT2D eigenvalue weighted by Crippen LogP contribution is -2.20. The molecule has 0 aliphatic heterocycles. The lowest BCUT2D eigenvalue weighted by molar-refractivity contribution is 0.0666. The van der Waals surface area contributed by atoms with Gasteiger partial charge in [-0.05, 0) is 44.9 Å². The van der Waals surface area contributed by atoms with Crippen molar-refractivity contribution in [2.24, 2.45) is 5.73 Å². The van der Waals surface area contributed by atoms with Gasteiger partial charge in [-0.2, -0.15) is 0 Å². The van der Waals surface area contributed by atoms with E-state index in [2.05, 4.69) is 35.0 Å². The van der Waals surface area contributed by atoms with Gasteiger partial charge in [-0.15, -0.1) is 0 Å². The fraction of sp³-hybridized carbons (Fsp3) is 0.467. The van der Waals surface area contributed by atoms with Gasteiger partial charge in [0.15, 0.2) is 0 Å². The van der Waals surface area contributed by atoms with E-state index < -0.39 is 5.60 Å². The van der Waals surface area contributed by atoms with Crippen LogP contribution in [0.25, 0.3) is 10.9 Å². The molecule has 0 spiro atoms. The third-order valence-corrected chi connectivity index (χ3v) is 3.25. The number of fused-ring (bicyclic) bond motifs is 1. The second kappa shape index (κ2) is 5.12. The van der Waals surface area contributed by atoms with Crippen LogP contribution in [-0.4, -0.2) is 21.8 Å². The van der Waals surface area contributed by atoms with Crippen LogP contribution in [0.15, 0.2) is 30.5 Å². The van der Waals surface area contributed by atoms with Gasteiger partial charge in [-0.25, -0.2) is 0 Å². The molecule has 2 rings (SSSR count). The summed E-state index contributed by atoms with van der Waals surface area (Å²) in [6.45, 7) is 5.19. The normalized spacial score (nSPS) is 12.2. The van der Waals surface area contributed by atoms with E-state index >= 15 is 0 Å². The molecule has 2 aromatic rings. The van der Waals surface area contributed by atoms with Gasteiger partial charge >= 0.3 is 0 Å². The van der Waals surface area contributed by atoms with Gasteiger partial charge in [0.2, 0.25) is 0 Å². The van der Waals surface area contributed by atoms with Crippen LogP contribution in [0.2, 0.25) is 0 Å². The Bertz CT molecular complexity index is 523. The molecule has 0 atom stereocenters. The number of rotatable bonds is 5. The molecule has 0 amide bonds. The topological polar surface area (TPSA) is 51.2 Å². The minimum atomic E-state index is -0.626. The molecule has 0 aliphatic carbocycles. The minimum Gasteiger partial charge on any atom is -0.390 e. The first-order valence-electron chi connectivity index (χ1n) is 6.50. The van der Waals surface area contributed by atoms with Crippen molar-refractivity contribution in [1.29, 1.82) is 0 Å². The third-order valence-electron chi connectivity index (χ3n) is 3.25. The highest BCUT2D eigenvalue weighted by Crippen LogP contribution is 2.23. The van der Waals surface area contributed by atoms with Crippen LogP contribution < -0.4 is 5.73 Å². The van der Waals surface area contributed by atoms with E-state index in [-0.39, 0.29) is 0 Å². The van der Waals surface area contributed by atoms with Gasteiger partial charge in [-0.1, -0.05) is 18.2 Å². The largest absolute Gasteiger partial charge is 0.390 e. The molecular formula is C15H22N2O. The van der Waals surface area contributed by atoms with Gasteiger partial charge < -0.3 is 15.4 Å². The molecule has 0 aliphatic rings. The fourth-order valence-electron chi connectivity index (χ4n) is 2.26. The van der Waals surface area contributed by atoms with Crippen molar-refractivity contribution in [2.45, 2.75) is 38.8 Å². The molecule has 0 radical (unpaired) electrons. The molecule has 1 aromatic heterocycles. The van der Waals surface area contributed by atoms with Gasteiger partial charge in [0.05, 0.1) is 5.60 Å². The SMILES string of the molecule is CC(C)(O)CCn1cc(CCN)c2ccccc21. The Kier molecular flexibility index (Phi) is 3.73. The minimum absolute atomic E-state index is 0.626. The second-order valence-corrected chi connectivity index (χ2v) is 5.47. The van der Waals surface area contributed by atoms with Crippen LogP contribution in [0.1, 0.15) is 25.8 Å². The Labute approximate surface area is 108 Å². The number of hydrogen-bond acceptors (Lipinski definition) is 2. The quantitative estimate of drug-likeness (QED) is 0.850. The van der Waals surface area contributed by atoms with Crippen molar-refractivity contribution >= 4 is 10.9 Å². The first-order valence-corrected chi connectivity index (χ1v) is 6.50. The summed E-state index contributed by atoms with van der Waals surface area (Å²) in [5.74, 6) is 0. The van der Waals surface area contributed by atoms with E-state index in [1.165, 1.54) is 16.5 Å². The van der Waals surface area contributed by atoms with Crippen LogP contribution in [0.4, 0.5) is 0 Å². The Morgan fingerprint density at radius 1 is 1.28 bits per heavy atom. The molecule has 0 fully saturated rings. The highest BCUT2D eigenvalue weighted by atomic mass is 16.3. The van der Waals surface area contributed by atoms with Crippen molar-refractivity contribution in [1.82, 2.24) is 4.57 Å². The molecule has 3 nitrogen and oxygen atoms in total. The Hall–Kier alpha value is -1.32. The van der Waals surface area contributed by atoms with Crippen molar-refractivity contribution in [2.75, 3.05) is 6.54 Å². The third kappa shape index (κ3) is 2.92. The van der Waals surface area contributed by atoms with Gasteiger partial charge in [0, 0.05) is 23.6 Å². The van der Waals surface area contributed by atoms with Gasteiger partial charge in [0.25, 0.3) is 0 Å². The maximum absolute atomic E-state index is 9.83. The monoisotopic (exact) mass is 246 g/mol. The van der Waals surface area contributed by atoms with Crippen LogP contribution in [0.3, 0.4) is 0 Å². The highest BCUT2D eigenvalue weighted by molar-refractivity contribution is 5.84. The summed E-state index contributed by atoms with van der Waals surface area (Å²) in [5, 5.41) is 11.1. The summed E-state index contributed by atoms with van der Waals surface area (Å²) < 4.78 is 2.22. The number of aryl methyl sites for hydroxylation is 1. The summed E-state index contributed by atoms with van der Waals surface area (Å²) >= 11 is 0. The van der Waals surface area contributed by atoms with Crippen molar-refractivity contribution in [3.63, 3.8) is 0 Å². The first kappa shape index (κ1) is 13.1. The zero-order valence-electron chi connectivity index (χ0n) is 11.2. The van der Waals surface area contributed by atoms with Gasteiger partial charge in [0.1, 0.15) is 0 Å². The molecule has 0 saturated heterocycles. The van der Waals surface area contributed by atoms with E-state index in [9.17, 15) is 5.11 Å². The molecule has 98 valence electrons. The van der Waals surface area contributed by atoms with Crippen molar-refractivity contribution < 1.29 is 5.11 Å². The van der Waals surface area contributed by atoms with Crippen LogP contribution in [-0.2, 0) is 13.0 Å². The van der Waals surface area contributed by atoms with Crippen molar-refractivity contribution in [3.8, 4) is 0 Å². The Morgan fingerprint density at radius 3 is 2.67 bits per heavy atom. The number of para-hydroxylation sites is 1. The van der Waals surface area contributed by atoms with Crippen LogP contribution >= 0.6 is 0 Å². The molecule has 0 unspecified atom stereocenters. The zero-order valence-corrected chi connectivity index (χ0v) is 11.2. The molecule has 18 heavy (non-hydrogen) atoms. The number of aliphatic hydroxyl groups is 1. The van der Waals surface area contributed by atoms with E-state index in [1.54, 1.807) is 0 Å². The van der Waals surface area contributed by atoms with Crippen molar-refractivity contribution in [3.05, 3.63) is 36.0 Å². The predicted octanol–water partition coefficient (Wildman–Crippen LogP) is 2.30. The molecule has 3 N–H and O–H groups in total. The Morgan fingerprint density at radius 2 is 2.00 bits per heavy atom. The summed E-state index contributed by atoms with van der Waals surface area (Å²) in [7, 11) is 0. The number of hydrogen-bond donors (Lipinski definition) is 2. The summed E-state index contributed by atoms with van der Waals surface area (Å²) in [6.07, 6.45) is 3.81. The fourth-order valence-corrected chi connectivity index (χ4v) is 2.26. The van der Waals surface area contributed by atoms with E-state index in [4.69, 9.17) is 5.73 Å². The summed E-state index contributed by atoms with van der Waals surface area (Å²) in [6, 6.07) is 8.37. The molecular weight excluding hydrogens is 224 g/mol. The average Bonchev–Trinajstić information content (AvgIpc) is 2.65. The van der Waals surface area contributed by atoms with Crippen LogP contribution in [0.5, 0.6) is 0 Å². The molecule has 1 aromatic carbocycles. The number of nitrogens with zero attached hydrogens (tertiary/aromatic N) is 1. The summed E-state index contributed by atoms with van der Waals surface area (Å²) in [5.41, 5.74) is 7.55. The maximum Gasteiger partial charge on any atom is 0.0608 e. The van der Waals surface area contributed by atoms with Crippen LogP contribution in [0, 0.1) is 0 Å². The van der Waals surface area contributed by atoms with E-state index in [1.807, 2.05) is 13.8 Å². The highest BCUT2D eigenvalue weighted by Gasteiger charge is 2.14. The van der Waals surface area contributed by atoms with E-state index in [0.29, 0.717) is 6.54 Å². The van der Waals surface area contributed by atoms with E-state index in [0.717, 1.165) is 19.4 Å². The number of aromatic nitrogens is 1. The predicted molar refractivity (Wildman–Crippen MR) is 75.6 cm³/mol. The molecule has 3 heteroatoms. The number of nitrogens with two attached hydrogens (primary N) is 1. The zero-order chi connectivity index (χ0) is 13.2. The molecule has 0 bridgehead atoms. The lowest BCUT2D eigenvalue weighted by atomic mass is 10.1. The molecule has 0 saturated carbocycles. The average molecular weight is 246 g/mol. The smallest absolute Gasteiger partial charge is 0.0608 e. The second-order valence-electron chi connectivity index (χ2n) is 5.47. The number of benzene rings is 1. The Balaban J connectivity index is 2.32. The standard InChI is InChI=1S/C15H22N2O/c1-15(2,18)8-10-17-11-12(7-9-16)13-5-3-4-6-14(13)17/h3-6,11,18H,7-10,16H2,1-2H3. The molecule has 1 heterocycles. The van der Waals surface area contributed by atoms with Gasteiger partial charge in [-0.3, -0.25) is 0 Å². The summed E-state index contributed by atoms with van der Waals surface area (Å²) in [4.78, 5) is 0. The lowest BCUT2D eigenvalue weighted by Gasteiger charge is -2.17. The first-order chi connectivity index (χ1) is 8.51. The maximum atomic E-state index is 9.83.